The van der Waals surface area contributed by atoms with Crippen LogP contribution in [0.5, 0.6) is 0 Å². The molecule has 0 N–H and O–H groups in total. The van der Waals surface area contributed by atoms with E-state index in [1.165, 1.54) is 11.8 Å². The molecule has 3 aliphatic rings. The molecule has 3 saturated carbocycles. The van der Waals surface area contributed by atoms with E-state index in [9.17, 15) is 0 Å². The van der Waals surface area contributed by atoms with Gasteiger partial charge in [-0.15, -0.1) is 0 Å². The van der Waals surface area contributed by atoms with Crippen LogP contribution in [0.15, 0.2) is 0 Å². The highest BCUT2D eigenvalue weighted by molar-refractivity contribution is 4.90. The second kappa shape index (κ2) is 3.87. The zero-order valence-corrected chi connectivity index (χ0v) is 9.38. The monoisotopic (exact) mass is 192 g/mol. The Balaban J connectivity index is 1.82. The van der Waals surface area contributed by atoms with Gasteiger partial charge in [0.15, 0.2) is 0 Å². The fourth-order valence-electron chi connectivity index (χ4n) is 4.79. The molecule has 0 saturated heterocycles. The van der Waals surface area contributed by atoms with Crippen LogP contribution in [-0.4, -0.2) is 0 Å². The minimum Gasteiger partial charge on any atom is -0.0530 e. The van der Waals surface area contributed by atoms with Gasteiger partial charge in [-0.1, -0.05) is 51.4 Å². The molecule has 3 fully saturated rings. The number of rotatable bonds is 0. The van der Waals surface area contributed by atoms with Gasteiger partial charge in [-0.25, -0.2) is 0 Å². The highest BCUT2D eigenvalue weighted by Crippen LogP contribution is 2.50. The van der Waals surface area contributed by atoms with Gasteiger partial charge in [0, 0.05) is 0 Å². The van der Waals surface area contributed by atoms with Crippen LogP contribution in [0.4, 0.5) is 0 Å². The first-order chi connectivity index (χ1) is 6.95. The normalized spacial score (nSPS) is 48.0. The quantitative estimate of drug-likeness (QED) is 0.534. The average molecular weight is 192 g/mol. The minimum atomic E-state index is 1.15. The highest BCUT2D eigenvalue weighted by Gasteiger charge is 2.40. The van der Waals surface area contributed by atoms with Gasteiger partial charge in [0.05, 0.1) is 0 Å². The van der Waals surface area contributed by atoms with Gasteiger partial charge in [-0.3, -0.25) is 0 Å². The molecule has 4 unspecified atom stereocenters. The predicted molar refractivity (Wildman–Crippen MR) is 60.1 cm³/mol. The van der Waals surface area contributed by atoms with Crippen LogP contribution in [0.2, 0.25) is 0 Å². The summed E-state index contributed by atoms with van der Waals surface area (Å²) in [5.74, 6) is 4.64. The van der Waals surface area contributed by atoms with E-state index >= 15 is 0 Å². The summed E-state index contributed by atoms with van der Waals surface area (Å²) in [5.41, 5.74) is 0. The first-order valence-electron chi connectivity index (χ1n) is 6.95. The summed E-state index contributed by atoms with van der Waals surface area (Å²) in [7, 11) is 0. The molecule has 0 spiro atoms. The molecule has 4 bridgehead atoms. The van der Waals surface area contributed by atoms with Crippen LogP contribution in [-0.2, 0) is 0 Å². The largest absolute Gasteiger partial charge is 0.0530 e. The molecule has 0 nitrogen and oxygen atoms in total. The molecule has 4 atom stereocenters. The third-order valence-electron chi connectivity index (χ3n) is 5.39. The fourth-order valence-corrected chi connectivity index (χ4v) is 4.79. The van der Waals surface area contributed by atoms with Crippen molar-refractivity contribution in [3.8, 4) is 0 Å². The lowest BCUT2D eigenvalue weighted by Crippen LogP contribution is -2.37. The van der Waals surface area contributed by atoms with Gasteiger partial charge in [0.1, 0.15) is 0 Å². The molecule has 0 radical (unpaired) electrons. The summed E-state index contributed by atoms with van der Waals surface area (Å²) < 4.78 is 0. The lowest BCUT2D eigenvalue weighted by atomic mass is 9.58. The van der Waals surface area contributed by atoms with Gasteiger partial charge in [0.2, 0.25) is 0 Å². The molecule has 0 aromatic rings. The van der Waals surface area contributed by atoms with Gasteiger partial charge < -0.3 is 0 Å². The van der Waals surface area contributed by atoms with Crippen molar-refractivity contribution in [3.05, 3.63) is 0 Å². The van der Waals surface area contributed by atoms with Crippen LogP contribution in [0.1, 0.15) is 64.2 Å². The Morgan fingerprint density at radius 2 is 0.857 bits per heavy atom. The maximum Gasteiger partial charge on any atom is -0.0355 e. The standard InChI is InChI=1S/C14H24/c1-2-6-12-8-4-9-13-11(5-1)7-3-10-14(12)13/h11-14H,1-10H2. The van der Waals surface area contributed by atoms with Crippen LogP contribution in [0.3, 0.4) is 0 Å². The molecule has 0 amide bonds. The van der Waals surface area contributed by atoms with Gasteiger partial charge >= 0.3 is 0 Å². The van der Waals surface area contributed by atoms with Crippen molar-refractivity contribution < 1.29 is 0 Å². The first kappa shape index (κ1) is 9.24. The van der Waals surface area contributed by atoms with Crippen LogP contribution in [0, 0.1) is 23.7 Å². The van der Waals surface area contributed by atoms with Crippen LogP contribution in [0.25, 0.3) is 0 Å². The summed E-state index contributed by atoms with van der Waals surface area (Å²) in [6, 6.07) is 0. The summed E-state index contributed by atoms with van der Waals surface area (Å²) in [6.07, 6.45) is 15.7. The lowest BCUT2D eigenvalue weighted by Gasteiger charge is -2.47. The molecular formula is C14H24. The van der Waals surface area contributed by atoms with Gasteiger partial charge in [0.25, 0.3) is 0 Å². The Kier molecular flexibility index (Phi) is 2.55. The molecule has 0 aliphatic heterocycles. The second-order valence-corrected chi connectivity index (χ2v) is 5.99. The van der Waals surface area contributed by atoms with Gasteiger partial charge in [-0.05, 0) is 36.5 Å². The molecular weight excluding hydrogens is 168 g/mol. The maximum atomic E-state index is 1.59. The Morgan fingerprint density at radius 3 is 1.36 bits per heavy atom. The van der Waals surface area contributed by atoms with E-state index in [0.29, 0.717) is 0 Å². The first-order valence-corrected chi connectivity index (χ1v) is 6.95. The SMILES string of the molecule is C1CCC2CCCC3C(C1)CCCC23. The molecule has 0 aromatic heterocycles. The Hall–Kier alpha value is 0. The topological polar surface area (TPSA) is 0 Å². The van der Waals surface area contributed by atoms with E-state index in [0.717, 1.165) is 11.8 Å². The van der Waals surface area contributed by atoms with Crippen LogP contribution >= 0.6 is 0 Å². The van der Waals surface area contributed by atoms with Crippen molar-refractivity contribution in [1.82, 2.24) is 0 Å². The molecule has 0 heterocycles. The Bertz CT molecular complexity index is 174. The van der Waals surface area contributed by atoms with Crippen LogP contribution < -0.4 is 0 Å². The minimum absolute atomic E-state index is 1.15. The van der Waals surface area contributed by atoms with E-state index in [4.69, 9.17) is 0 Å². The predicted octanol–water partition coefficient (Wildman–Crippen LogP) is 4.39. The Morgan fingerprint density at radius 1 is 0.429 bits per heavy atom. The van der Waals surface area contributed by atoms with E-state index < -0.39 is 0 Å². The summed E-state index contributed by atoms with van der Waals surface area (Å²) in [4.78, 5) is 0. The van der Waals surface area contributed by atoms with E-state index in [1.54, 1.807) is 64.2 Å². The molecule has 0 aromatic carbocycles. The summed E-state index contributed by atoms with van der Waals surface area (Å²) in [6.45, 7) is 0. The van der Waals surface area contributed by atoms with E-state index in [2.05, 4.69) is 0 Å². The summed E-state index contributed by atoms with van der Waals surface area (Å²) >= 11 is 0. The lowest BCUT2D eigenvalue weighted by molar-refractivity contribution is 0.0323. The second-order valence-electron chi connectivity index (χ2n) is 5.99. The number of hydrogen-bond donors (Lipinski definition) is 0. The van der Waals surface area contributed by atoms with Crippen molar-refractivity contribution in [2.75, 3.05) is 0 Å². The van der Waals surface area contributed by atoms with Crippen molar-refractivity contribution in [1.29, 1.82) is 0 Å². The van der Waals surface area contributed by atoms with Crippen molar-refractivity contribution in [3.63, 3.8) is 0 Å². The van der Waals surface area contributed by atoms with Crippen molar-refractivity contribution >= 4 is 0 Å². The summed E-state index contributed by atoms with van der Waals surface area (Å²) in [5, 5.41) is 0. The maximum absolute atomic E-state index is 1.59. The third-order valence-corrected chi connectivity index (χ3v) is 5.39. The zero-order valence-electron chi connectivity index (χ0n) is 9.38. The third kappa shape index (κ3) is 1.51. The smallest absolute Gasteiger partial charge is 0.0355 e. The van der Waals surface area contributed by atoms with Crippen molar-refractivity contribution in [2.24, 2.45) is 23.7 Å². The van der Waals surface area contributed by atoms with Gasteiger partial charge in [-0.2, -0.15) is 0 Å². The number of hydrogen-bond acceptors (Lipinski definition) is 0. The molecule has 14 heavy (non-hydrogen) atoms. The average Bonchev–Trinajstić information content (AvgIpc) is 2.26. The van der Waals surface area contributed by atoms with E-state index in [1.807, 2.05) is 0 Å². The highest BCUT2D eigenvalue weighted by atomic mass is 14.5. The van der Waals surface area contributed by atoms with E-state index in [-0.39, 0.29) is 0 Å². The zero-order chi connectivity index (χ0) is 9.38. The molecule has 3 rings (SSSR count). The Labute approximate surface area is 88.5 Å². The molecule has 0 heteroatoms. The fraction of sp³-hybridized carbons (Fsp3) is 1.00. The molecule has 80 valence electrons. The molecule has 3 aliphatic carbocycles. The van der Waals surface area contributed by atoms with Crippen molar-refractivity contribution in [2.45, 2.75) is 64.2 Å².